The third kappa shape index (κ3) is 3.03. The number of anilines is 1. The minimum absolute atomic E-state index is 0.00456. The van der Waals surface area contributed by atoms with Crippen molar-refractivity contribution in [2.75, 3.05) is 18.1 Å². The van der Waals surface area contributed by atoms with Gasteiger partial charge in [-0.1, -0.05) is 13.8 Å². The number of carbonyl (C=O) groups is 1. The van der Waals surface area contributed by atoms with Crippen molar-refractivity contribution >= 4 is 11.6 Å². The van der Waals surface area contributed by atoms with Gasteiger partial charge in [0, 0.05) is 30.8 Å². The molecule has 0 saturated heterocycles. The lowest BCUT2D eigenvalue weighted by atomic mass is 9.80. The van der Waals surface area contributed by atoms with Crippen LogP contribution in [-0.2, 0) is 4.79 Å². The van der Waals surface area contributed by atoms with Crippen LogP contribution in [0.4, 0.5) is 10.1 Å². The highest BCUT2D eigenvalue weighted by Gasteiger charge is 2.41. The second kappa shape index (κ2) is 7.46. The van der Waals surface area contributed by atoms with E-state index in [9.17, 15) is 9.18 Å². The van der Waals surface area contributed by atoms with Gasteiger partial charge >= 0.3 is 0 Å². The van der Waals surface area contributed by atoms with Gasteiger partial charge in [-0.15, -0.1) is 0 Å². The molecule has 0 radical (unpaired) electrons. The largest absolute Gasteiger partial charge is 0.342 e. The number of hydrazine groups is 1. The molecule has 1 N–H and O–H groups in total. The van der Waals surface area contributed by atoms with Crippen LogP contribution >= 0.6 is 0 Å². The van der Waals surface area contributed by atoms with E-state index in [4.69, 9.17) is 0 Å². The van der Waals surface area contributed by atoms with Gasteiger partial charge in [-0.3, -0.25) is 9.80 Å². The number of amides is 1. The first-order valence-corrected chi connectivity index (χ1v) is 10.3. The lowest BCUT2D eigenvalue weighted by Gasteiger charge is -2.31. The number of rotatable bonds is 5. The first-order valence-electron chi connectivity index (χ1n) is 10.3. The Morgan fingerprint density at radius 2 is 2.04 bits per heavy atom. The zero-order valence-electron chi connectivity index (χ0n) is 16.8. The molecule has 2 aliphatic carbocycles. The molecule has 148 valence electrons. The Bertz CT molecular complexity index is 868. The molecule has 0 fully saturated rings. The molecule has 28 heavy (non-hydrogen) atoms. The van der Waals surface area contributed by atoms with Crippen LogP contribution in [0.1, 0.15) is 40.0 Å². The quantitative estimate of drug-likeness (QED) is 0.814. The van der Waals surface area contributed by atoms with Crippen LogP contribution in [0, 0.1) is 17.7 Å². The van der Waals surface area contributed by atoms with Gasteiger partial charge in [0.05, 0.1) is 17.3 Å². The topological polar surface area (TPSA) is 35.6 Å². The van der Waals surface area contributed by atoms with Gasteiger partial charge in [-0.05, 0) is 67.7 Å². The lowest BCUT2D eigenvalue weighted by molar-refractivity contribution is -0.134. The molecule has 0 aromatic heterocycles. The van der Waals surface area contributed by atoms with Crippen LogP contribution in [-0.4, -0.2) is 23.9 Å². The van der Waals surface area contributed by atoms with Crippen LogP contribution in [0.3, 0.4) is 0 Å². The highest BCUT2D eigenvalue weighted by atomic mass is 19.1. The summed E-state index contributed by atoms with van der Waals surface area (Å²) in [4.78, 5) is 15.2. The zero-order valence-corrected chi connectivity index (χ0v) is 16.8. The number of nitrogens with zero attached hydrogens (tertiary/aromatic N) is 2. The van der Waals surface area contributed by atoms with Crippen LogP contribution in [0.2, 0.25) is 0 Å². The Kier molecular flexibility index (Phi) is 5.00. The van der Waals surface area contributed by atoms with Crippen molar-refractivity contribution in [2.24, 2.45) is 11.8 Å². The predicted octanol–water partition coefficient (Wildman–Crippen LogP) is 4.53. The number of allylic oxidation sites excluding steroid dienone is 3. The first-order chi connectivity index (χ1) is 13.5. The average Bonchev–Trinajstić information content (AvgIpc) is 3.31. The van der Waals surface area contributed by atoms with E-state index in [0.717, 1.165) is 43.7 Å². The summed E-state index contributed by atoms with van der Waals surface area (Å²) in [6.07, 6.45) is 7.06. The van der Waals surface area contributed by atoms with E-state index in [0.29, 0.717) is 0 Å². The second-order valence-corrected chi connectivity index (χ2v) is 7.78. The van der Waals surface area contributed by atoms with E-state index in [1.807, 2.05) is 16.1 Å². The standard InChI is InChI=1S/C23H28FN3O/c1-4-12-26(5-2)23(28)19-11-6-16-13-21-20(15(3)22(16)19)14-25-27(21)18-9-7-17(24)8-10-18/h7-10,13-15,19,25H,4-6,11-12H2,1-3H3/t15-,19-/m0/s1. The minimum Gasteiger partial charge on any atom is -0.342 e. The third-order valence-corrected chi connectivity index (χ3v) is 6.15. The second-order valence-electron chi connectivity index (χ2n) is 7.78. The SMILES string of the molecule is CCCN(CC)C(=O)[C@H]1CCC2=C1[C@@H](C)C1=CNN(c3ccc(F)cc3)C1=C2. The van der Waals surface area contributed by atoms with Crippen molar-refractivity contribution in [3.8, 4) is 0 Å². The van der Waals surface area contributed by atoms with E-state index in [-0.39, 0.29) is 23.6 Å². The minimum atomic E-state index is -0.239. The summed E-state index contributed by atoms with van der Waals surface area (Å²) in [5.74, 6) is 0.233. The monoisotopic (exact) mass is 381 g/mol. The number of carbonyl (C=O) groups excluding carboxylic acids is 1. The molecule has 1 heterocycles. The highest BCUT2D eigenvalue weighted by Crippen LogP contribution is 2.48. The number of fused-ring (bicyclic) bond motifs is 1. The average molecular weight is 381 g/mol. The van der Waals surface area contributed by atoms with Crippen molar-refractivity contribution in [1.82, 2.24) is 10.3 Å². The van der Waals surface area contributed by atoms with Gasteiger partial charge in [0.2, 0.25) is 5.91 Å². The molecule has 3 aliphatic rings. The number of hydrogen-bond acceptors (Lipinski definition) is 3. The maximum Gasteiger partial charge on any atom is 0.229 e. The van der Waals surface area contributed by atoms with Gasteiger partial charge in [0.1, 0.15) is 5.82 Å². The molecule has 0 spiro atoms. The third-order valence-electron chi connectivity index (χ3n) is 6.15. The highest BCUT2D eigenvalue weighted by molar-refractivity contribution is 5.84. The maximum atomic E-state index is 13.3. The summed E-state index contributed by atoms with van der Waals surface area (Å²) < 4.78 is 13.3. The van der Waals surface area contributed by atoms with Crippen molar-refractivity contribution in [3.63, 3.8) is 0 Å². The van der Waals surface area contributed by atoms with E-state index in [2.05, 4.69) is 32.3 Å². The van der Waals surface area contributed by atoms with Crippen molar-refractivity contribution in [3.05, 3.63) is 64.8 Å². The zero-order chi connectivity index (χ0) is 19.8. The van der Waals surface area contributed by atoms with Crippen molar-refractivity contribution in [2.45, 2.75) is 40.0 Å². The van der Waals surface area contributed by atoms with Crippen LogP contribution in [0.5, 0.6) is 0 Å². The van der Waals surface area contributed by atoms with Crippen LogP contribution in [0.15, 0.2) is 59.0 Å². The lowest BCUT2D eigenvalue weighted by Crippen LogP contribution is -2.37. The smallest absolute Gasteiger partial charge is 0.229 e. The summed E-state index contributed by atoms with van der Waals surface area (Å²) in [6.45, 7) is 7.97. The Morgan fingerprint density at radius 1 is 1.29 bits per heavy atom. The molecule has 5 heteroatoms. The van der Waals surface area contributed by atoms with E-state index in [1.54, 1.807) is 12.1 Å². The molecule has 0 bridgehead atoms. The van der Waals surface area contributed by atoms with E-state index >= 15 is 0 Å². The summed E-state index contributed by atoms with van der Waals surface area (Å²) in [6, 6.07) is 6.51. The van der Waals surface area contributed by atoms with Crippen molar-refractivity contribution in [1.29, 1.82) is 0 Å². The summed E-state index contributed by atoms with van der Waals surface area (Å²) in [5.41, 5.74) is 9.10. The molecule has 1 aromatic rings. The Morgan fingerprint density at radius 3 is 2.71 bits per heavy atom. The van der Waals surface area contributed by atoms with Gasteiger partial charge in [-0.25, -0.2) is 4.39 Å². The van der Waals surface area contributed by atoms with E-state index < -0.39 is 0 Å². The molecular formula is C23H28FN3O. The fourth-order valence-corrected chi connectivity index (χ4v) is 4.77. The molecular weight excluding hydrogens is 353 g/mol. The fraction of sp³-hybridized carbons (Fsp3) is 0.435. The summed E-state index contributed by atoms with van der Waals surface area (Å²) in [5, 5.41) is 2.00. The molecule has 2 atom stereocenters. The normalized spacial score (nSPS) is 23.1. The molecule has 4 nitrogen and oxygen atoms in total. The molecule has 4 rings (SSSR count). The summed E-state index contributed by atoms with van der Waals surface area (Å²) in [7, 11) is 0. The molecule has 0 unspecified atom stereocenters. The number of nitrogens with one attached hydrogen (secondary N) is 1. The summed E-state index contributed by atoms with van der Waals surface area (Å²) >= 11 is 0. The molecule has 1 aromatic carbocycles. The van der Waals surface area contributed by atoms with Gasteiger partial charge in [0.15, 0.2) is 0 Å². The molecule has 1 aliphatic heterocycles. The Labute approximate surface area is 166 Å². The van der Waals surface area contributed by atoms with Gasteiger partial charge in [-0.2, -0.15) is 0 Å². The van der Waals surface area contributed by atoms with E-state index in [1.165, 1.54) is 28.9 Å². The first kappa shape index (κ1) is 18.8. The Balaban J connectivity index is 1.65. The fourth-order valence-electron chi connectivity index (χ4n) is 4.77. The van der Waals surface area contributed by atoms with Gasteiger partial charge in [0.25, 0.3) is 0 Å². The predicted molar refractivity (Wildman–Crippen MR) is 110 cm³/mol. The van der Waals surface area contributed by atoms with Crippen LogP contribution in [0.25, 0.3) is 0 Å². The van der Waals surface area contributed by atoms with Crippen molar-refractivity contribution < 1.29 is 9.18 Å². The number of benzene rings is 1. The molecule has 1 amide bonds. The van der Waals surface area contributed by atoms with Crippen LogP contribution < -0.4 is 10.4 Å². The number of halogens is 1. The van der Waals surface area contributed by atoms with Gasteiger partial charge < -0.3 is 10.3 Å². The number of hydrogen-bond donors (Lipinski definition) is 1. The molecule has 0 saturated carbocycles. The maximum absolute atomic E-state index is 13.3. The Hall–Kier alpha value is -2.56.